The minimum atomic E-state index is 1.07. The molecule has 0 bridgehead atoms. The van der Waals surface area contributed by atoms with Gasteiger partial charge in [-0.1, -0.05) is 36.5 Å². The lowest BCUT2D eigenvalue weighted by Gasteiger charge is -1.90. The summed E-state index contributed by atoms with van der Waals surface area (Å²) in [4.78, 5) is 0. The summed E-state index contributed by atoms with van der Waals surface area (Å²) in [6.07, 6.45) is 20.0. The average molecular weight is 147 g/mol. The molecule has 11 heavy (non-hydrogen) atoms. The molecule has 0 aromatic heterocycles. The lowest BCUT2D eigenvalue weighted by molar-refractivity contribution is 0.933. The second-order valence-corrected chi connectivity index (χ2v) is 2.67. The quantitative estimate of drug-likeness (QED) is 0.460. The van der Waals surface area contributed by atoms with Gasteiger partial charge in [0.05, 0.1) is 0 Å². The summed E-state index contributed by atoms with van der Waals surface area (Å²) < 4.78 is 0. The first-order chi connectivity index (χ1) is 5.50. The number of allylic oxidation sites excluding steroid dienone is 6. The van der Waals surface area contributed by atoms with Gasteiger partial charge in [-0.05, 0) is 32.1 Å². The van der Waals surface area contributed by atoms with Gasteiger partial charge in [-0.2, -0.15) is 0 Å². The van der Waals surface area contributed by atoms with Gasteiger partial charge in [-0.15, -0.1) is 0 Å². The summed E-state index contributed by atoms with van der Waals surface area (Å²) in [5, 5.41) is 0. The molecule has 0 aliphatic heterocycles. The van der Waals surface area contributed by atoms with Crippen molar-refractivity contribution >= 4 is 0 Å². The molecule has 0 spiro atoms. The summed E-state index contributed by atoms with van der Waals surface area (Å²) in [7, 11) is 0. The molecule has 0 N–H and O–H groups in total. The average Bonchev–Trinajstić information content (AvgIpc) is 2.08. The monoisotopic (exact) mass is 147 g/mol. The number of hydrogen-bond donors (Lipinski definition) is 0. The predicted octanol–water partition coefficient (Wildman–Crippen LogP) is 3.43. The molecule has 0 amide bonds. The van der Waals surface area contributed by atoms with Crippen LogP contribution >= 0.6 is 0 Å². The van der Waals surface area contributed by atoms with Crippen LogP contribution in [0.4, 0.5) is 0 Å². The number of rotatable bonds is 0. The van der Waals surface area contributed by atoms with E-state index in [2.05, 4.69) is 42.9 Å². The third-order valence-corrected chi connectivity index (χ3v) is 1.66. The lowest BCUT2D eigenvalue weighted by Crippen LogP contribution is -1.72. The molecular formula is C11H15. The van der Waals surface area contributed by atoms with Crippen LogP contribution in [0.1, 0.15) is 25.7 Å². The molecule has 1 rings (SSSR count). The Morgan fingerprint density at radius 3 is 2.45 bits per heavy atom. The van der Waals surface area contributed by atoms with Gasteiger partial charge in [-0.25, -0.2) is 0 Å². The first-order valence-corrected chi connectivity index (χ1v) is 4.28. The third-order valence-electron chi connectivity index (χ3n) is 1.66. The highest BCUT2D eigenvalue weighted by Gasteiger charge is 1.84. The molecule has 0 unspecified atom stereocenters. The van der Waals surface area contributed by atoms with E-state index in [0.29, 0.717) is 0 Å². The Bertz CT molecular complexity index is 161. The highest BCUT2D eigenvalue weighted by molar-refractivity contribution is 5.06. The van der Waals surface area contributed by atoms with Crippen LogP contribution in [-0.2, 0) is 0 Å². The van der Waals surface area contributed by atoms with Crippen LogP contribution in [-0.4, -0.2) is 0 Å². The molecule has 0 nitrogen and oxygen atoms in total. The maximum atomic E-state index is 2.33. The molecule has 0 atom stereocenters. The molecule has 0 aromatic carbocycles. The SMILES string of the molecule is [CH]1CC=CCC=CC=CCC1. The smallest absolute Gasteiger partial charge is 0.0166 e. The van der Waals surface area contributed by atoms with Gasteiger partial charge >= 0.3 is 0 Å². The van der Waals surface area contributed by atoms with Gasteiger partial charge in [-0.3, -0.25) is 0 Å². The number of hydrogen-bond acceptors (Lipinski definition) is 0. The van der Waals surface area contributed by atoms with Crippen LogP contribution in [0, 0.1) is 6.42 Å². The Kier molecular flexibility index (Phi) is 4.51. The summed E-state index contributed by atoms with van der Waals surface area (Å²) in [5.74, 6) is 0. The molecule has 0 aromatic rings. The zero-order valence-electron chi connectivity index (χ0n) is 6.87. The Morgan fingerprint density at radius 2 is 1.45 bits per heavy atom. The highest BCUT2D eigenvalue weighted by Crippen LogP contribution is 2.02. The lowest BCUT2D eigenvalue weighted by atomic mass is 10.2. The molecule has 1 aliphatic rings. The van der Waals surface area contributed by atoms with Crippen LogP contribution < -0.4 is 0 Å². The van der Waals surface area contributed by atoms with Crippen molar-refractivity contribution in [1.82, 2.24) is 0 Å². The molecule has 0 heteroatoms. The molecule has 0 saturated heterocycles. The van der Waals surface area contributed by atoms with Crippen molar-refractivity contribution in [3.63, 3.8) is 0 Å². The summed E-state index contributed by atoms with van der Waals surface area (Å²) >= 11 is 0. The van der Waals surface area contributed by atoms with E-state index in [1.54, 1.807) is 0 Å². The van der Waals surface area contributed by atoms with Crippen LogP contribution in [0.5, 0.6) is 0 Å². The second-order valence-electron chi connectivity index (χ2n) is 2.67. The Hall–Kier alpha value is -0.780. The van der Waals surface area contributed by atoms with Gasteiger partial charge in [0.15, 0.2) is 0 Å². The minimum absolute atomic E-state index is 1.07. The zero-order valence-corrected chi connectivity index (χ0v) is 6.87. The van der Waals surface area contributed by atoms with Gasteiger partial charge in [0.1, 0.15) is 0 Å². The second kappa shape index (κ2) is 5.96. The molecule has 1 radical (unpaired) electrons. The van der Waals surface area contributed by atoms with Crippen LogP contribution in [0.2, 0.25) is 0 Å². The Balaban J connectivity index is 2.35. The third kappa shape index (κ3) is 4.60. The molecule has 59 valence electrons. The summed E-state index contributed by atoms with van der Waals surface area (Å²) in [6, 6.07) is 0. The molecular weight excluding hydrogens is 132 g/mol. The zero-order chi connectivity index (χ0) is 7.78. The molecule has 0 saturated carbocycles. The van der Waals surface area contributed by atoms with E-state index in [1.807, 2.05) is 0 Å². The fourth-order valence-electron chi connectivity index (χ4n) is 1.03. The highest BCUT2D eigenvalue weighted by atomic mass is 13.9. The van der Waals surface area contributed by atoms with Crippen LogP contribution in [0.15, 0.2) is 36.5 Å². The van der Waals surface area contributed by atoms with Gasteiger partial charge in [0.2, 0.25) is 0 Å². The van der Waals surface area contributed by atoms with E-state index in [0.717, 1.165) is 12.8 Å². The molecule has 0 heterocycles. The Morgan fingerprint density at radius 1 is 0.636 bits per heavy atom. The van der Waals surface area contributed by atoms with Gasteiger partial charge in [0.25, 0.3) is 0 Å². The van der Waals surface area contributed by atoms with Crippen molar-refractivity contribution in [3.8, 4) is 0 Å². The standard InChI is InChI=1S/C11H15/c1-2-4-6-8-10-11-9-7-5-3-1/h1-4,7,9-10H,5-6,8,11H2. The largest absolute Gasteiger partial charge is 0.0879 e. The molecule has 0 fully saturated rings. The normalized spacial score (nSPS) is 19.6. The van der Waals surface area contributed by atoms with E-state index in [-0.39, 0.29) is 0 Å². The van der Waals surface area contributed by atoms with Gasteiger partial charge in [0, 0.05) is 0 Å². The van der Waals surface area contributed by atoms with Crippen molar-refractivity contribution < 1.29 is 0 Å². The predicted molar refractivity (Wildman–Crippen MR) is 50.2 cm³/mol. The summed E-state index contributed by atoms with van der Waals surface area (Å²) in [6.45, 7) is 0. The van der Waals surface area contributed by atoms with E-state index < -0.39 is 0 Å². The molecule has 1 aliphatic carbocycles. The fraction of sp³-hybridized carbons (Fsp3) is 0.364. The van der Waals surface area contributed by atoms with E-state index in [4.69, 9.17) is 0 Å². The topological polar surface area (TPSA) is 0 Å². The van der Waals surface area contributed by atoms with Crippen LogP contribution in [0.25, 0.3) is 0 Å². The van der Waals surface area contributed by atoms with E-state index in [1.165, 1.54) is 12.8 Å². The van der Waals surface area contributed by atoms with Gasteiger partial charge < -0.3 is 0 Å². The maximum Gasteiger partial charge on any atom is -0.0166 e. The van der Waals surface area contributed by atoms with Crippen molar-refractivity contribution in [2.75, 3.05) is 0 Å². The first kappa shape index (κ1) is 8.32. The van der Waals surface area contributed by atoms with Crippen molar-refractivity contribution in [2.45, 2.75) is 25.7 Å². The first-order valence-electron chi connectivity index (χ1n) is 4.28. The summed E-state index contributed by atoms with van der Waals surface area (Å²) in [5.41, 5.74) is 0. The van der Waals surface area contributed by atoms with Crippen LogP contribution in [0.3, 0.4) is 0 Å². The Labute approximate surface area is 69.3 Å². The van der Waals surface area contributed by atoms with E-state index >= 15 is 0 Å². The fourth-order valence-corrected chi connectivity index (χ4v) is 1.03. The van der Waals surface area contributed by atoms with Crippen molar-refractivity contribution in [2.24, 2.45) is 0 Å². The maximum absolute atomic E-state index is 2.33. The van der Waals surface area contributed by atoms with Crippen molar-refractivity contribution in [1.29, 1.82) is 0 Å². The van der Waals surface area contributed by atoms with Crippen molar-refractivity contribution in [3.05, 3.63) is 42.9 Å². The minimum Gasteiger partial charge on any atom is -0.0879 e. The van der Waals surface area contributed by atoms with E-state index in [9.17, 15) is 0 Å².